The van der Waals surface area contributed by atoms with Gasteiger partial charge in [-0.1, -0.05) is 41.5 Å². The maximum Gasteiger partial charge on any atom is 0.0645 e. The molecule has 0 aromatic rings. The van der Waals surface area contributed by atoms with Crippen molar-refractivity contribution < 1.29 is 15.1 Å². The van der Waals surface area contributed by atoms with Crippen molar-refractivity contribution in [2.75, 3.05) is 0 Å². The van der Waals surface area contributed by atoms with E-state index in [1.165, 1.54) is 0 Å². The Kier molecular flexibility index (Phi) is 8.67. The zero-order valence-electron chi connectivity index (χ0n) is 22.1. The van der Waals surface area contributed by atoms with Gasteiger partial charge in [-0.2, -0.15) is 5.90 Å². The molecule has 180 valence electrons. The van der Waals surface area contributed by atoms with Gasteiger partial charge in [-0.15, -0.1) is 15.0 Å². The monoisotopic (exact) mass is 428 g/mol. The molecule has 3 N–H and O–H groups in total. The maximum atomic E-state index is 11.1. The Morgan fingerprint density at radius 1 is 1.03 bits per heavy atom. The van der Waals surface area contributed by atoms with Crippen molar-refractivity contribution in [3.8, 4) is 0 Å². The Hall–Kier alpha value is -0.200. The minimum atomic E-state index is -0.733. The average Bonchev–Trinajstić information content (AvgIpc) is 2.64. The lowest BCUT2D eigenvalue weighted by atomic mass is 9.43. The Labute approximate surface area is 186 Å². The lowest BCUT2D eigenvalue weighted by Gasteiger charge is -2.66. The molecule has 0 aliphatic heterocycles. The van der Waals surface area contributed by atoms with Gasteiger partial charge in [0.05, 0.1) is 5.60 Å². The first-order valence-corrected chi connectivity index (χ1v) is 12.1. The van der Waals surface area contributed by atoms with Crippen LogP contribution in [0.4, 0.5) is 0 Å². The van der Waals surface area contributed by atoms with E-state index < -0.39 is 5.60 Å². The summed E-state index contributed by atoms with van der Waals surface area (Å²) >= 11 is 0. The highest BCUT2D eigenvalue weighted by molar-refractivity contribution is 5.13. The summed E-state index contributed by atoms with van der Waals surface area (Å²) in [6.07, 6.45) is 5.22. The second-order valence-corrected chi connectivity index (χ2v) is 12.0. The normalized spacial score (nSPS) is 35.1. The average molecular weight is 429 g/mol. The van der Waals surface area contributed by atoms with Crippen LogP contribution in [0.1, 0.15) is 115 Å². The summed E-state index contributed by atoms with van der Waals surface area (Å²) in [4.78, 5) is 10.4. The second-order valence-electron chi connectivity index (χ2n) is 12.0. The number of hydrogen-bond acceptors (Lipinski definition) is 5. The minimum absolute atomic E-state index is 0.00155. The van der Waals surface area contributed by atoms with Crippen LogP contribution in [0.3, 0.4) is 0 Å². The third-order valence-electron chi connectivity index (χ3n) is 9.26. The van der Waals surface area contributed by atoms with E-state index in [1.807, 2.05) is 32.8 Å². The number of fused-ring (bicyclic) bond motifs is 2. The molecule has 2 aliphatic carbocycles. The first kappa shape index (κ1) is 27.8. The summed E-state index contributed by atoms with van der Waals surface area (Å²) in [7, 11) is 0. The molecule has 0 heterocycles. The summed E-state index contributed by atoms with van der Waals surface area (Å²) in [5, 5.41) is 13.1. The van der Waals surface area contributed by atoms with Crippen molar-refractivity contribution in [2.24, 2.45) is 34.5 Å². The summed E-state index contributed by atoms with van der Waals surface area (Å²) < 4.78 is 0. The fourth-order valence-corrected chi connectivity index (χ4v) is 6.37. The van der Waals surface area contributed by atoms with Crippen molar-refractivity contribution in [1.82, 2.24) is 5.06 Å². The van der Waals surface area contributed by atoms with Crippen LogP contribution >= 0.6 is 0 Å². The zero-order valence-corrected chi connectivity index (χ0v) is 22.1. The molecule has 0 amide bonds. The molecule has 0 saturated heterocycles. The number of nitrogens with two attached hydrogens (primary N) is 1. The molecule has 2 saturated carbocycles. The van der Waals surface area contributed by atoms with Gasteiger partial charge in [0, 0.05) is 11.1 Å². The fraction of sp³-hybridized carbons (Fsp3) is 1.00. The van der Waals surface area contributed by atoms with E-state index in [2.05, 4.69) is 55.4 Å². The van der Waals surface area contributed by atoms with Crippen molar-refractivity contribution in [3.63, 3.8) is 0 Å². The van der Waals surface area contributed by atoms with E-state index in [4.69, 9.17) is 15.9 Å². The van der Waals surface area contributed by atoms with Crippen molar-refractivity contribution >= 4 is 0 Å². The van der Waals surface area contributed by atoms with Crippen LogP contribution in [0.25, 0.3) is 0 Å². The molecular weight excluding hydrogens is 376 g/mol. The summed E-state index contributed by atoms with van der Waals surface area (Å²) in [5.74, 6) is 7.29. The van der Waals surface area contributed by atoms with Crippen LogP contribution in [0.2, 0.25) is 0 Å². The molecule has 2 bridgehead atoms. The Morgan fingerprint density at radius 3 is 2.00 bits per heavy atom. The van der Waals surface area contributed by atoms with E-state index in [-0.39, 0.29) is 21.9 Å². The molecule has 5 unspecified atom stereocenters. The number of hydrogen-bond donors (Lipinski definition) is 2. The lowest BCUT2D eigenvalue weighted by molar-refractivity contribution is -0.485. The van der Waals surface area contributed by atoms with Crippen LogP contribution < -0.4 is 5.90 Å². The van der Waals surface area contributed by atoms with Gasteiger partial charge in [0.1, 0.15) is 0 Å². The van der Waals surface area contributed by atoms with Gasteiger partial charge in [-0.3, -0.25) is 0 Å². The molecule has 2 rings (SSSR count). The summed E-state index contributed by atoms with van der Waals surface area (Å²) in [6, 6.07) is 0. The molecular formula is C25H52N2O3. The van der Waals surface area contributed by atoms with Crippen molar-refractivity contribution in [2.45, 2.75) is 132 Å². The van der Waals surface area contributed by atoms with Crippen molar-refractivity contribution in [1.29, 1.82) is 0 Å². The van der Waals surface area contributed by atoms with Crippen LogP contribution in [-0.2, 0) is 9.98 Å². The lowest BCUT2D eigenvalue weighted by Crippen LogP contribution is -2.68. The molecule has 0 radical (unpaired) electrons. The third-order valence-corrected chi connectivity index (χ3v) is 9.26. The van der Waals surface area contributed by atoms with Gasteiger partial charge >= 0.3 is 0 Å². The van der Waals surface area contributed by atoms with Gasteiger partial charge < -0.3 is 5.11 Å². The van der Waals surface area contributed by atoms with E-state index in [9.17, 15) is 5.11 Å². The van der Waals surface area contributed by atoms with Crippen LogP contribution in [0.15, 0.2) is 0 Å². The quantitative estimate of drug-likeness (QED) is 0.370. The molecule has 0 aromatic carbocycles. The third kappa shape index (κ3) is 4.76. The van der Waals surface area contributed by atoms with Gasteiger partial charge in [-0.25, -0.2) is 0 Å². The molecule has 2 fully saturated rings. The summed E-state index contributed by atoms with van der Waals surface area (Å²) in [6.45, 7) is 26.1. The number of aliphatic hydroxyl groups is 1. The minimum Gasteiger partial charge on any atom is -0.390 e. The molecule has 30 heavy (non-hydrogen) atoms. The Bertz CT molecular complexity index is 553. The van der Waals surface area contributed by atoms with Gasteiger partial charge in [-0.05, 0) is 102 Å². The highest BCUT2D eigenvalue weighted by Gasteiger charge is 2.63. The second kappa shape index (κ2) is 9.35. The van der Waals surface area contributed by atoms with E-state index in [0.29, 0.717) is 17.8 Å². The first-order valence-electron chi connectivity index (χ1n) is 12.1. The van der Waals surface area contributed by atoms with E-state index >= 15 is 0 Å². The fourth-order valence-electron chi connectivity index (χ4n) is 6.37. The van der Waals surface area contributed by atoms with Crippen LogP contribution in [0.5, 0.6) is 0 Å². The summed E-state index contributed by atoms with van der Waals surface area (Å²) in [5.41, 5.74) is -1.42. The number of rotatable bonds is 7. The van der Waals surface area contributed by atoms with Crippen LogP contribution in [0, 0.1) is 28.6 Å². The topological polar surface area (TPSA) is 68.0 Å². The Balaban J connectivity index is 0.00000218. The molecule has 0 aromatic heterocycles. The standard InChI is InChI=1S/C23H46N2O3.C2H6/c1-11-19(4,5)25(28-27-24)20(6,7)23-12-16(2)17(3)18(14-23)13-22(10,15-23)21(8,9)26;1-2/h16-18,26H,11-15,24H2,1-10H3;1-2H3. The predicted octanol–water partition coefficient (Wildman–Crippen LogP) is 6.26. The SMILES string of the molecule is CC.CCC(C)(C)N(OON)C(C)(C)C12CC(C)C(C)C(CC(C)(C(C)(C)O)C1)C2. The smallest absolute Gasteiger partial charge is 0.0645 e. The van der Waals surface area contributed by atoms with Gasteiger partial charge in [0.2, 0.25) is 0 Å². The predicted molar refractivity (Wildman–Crippen MR) is 125 cm³/mol. The highest BCUT2D eigenvalue weighted by atomic mass is 17.3. The highest BCUT2D eigenvalue weighted by Crippen LogP contribution is 2.66. The zero-order chi connectivity index (χ0) is 23.8. The van der Waals surface area contributed by atoms with E-state index in [1.54, 1.807) is 0 Å². The molecule has 5 atom stereocenters. The van der Waals surface area contributed by atoms with Crippen molar-refractivity contribution in [3.05, 3.63) is 0 Å². The molecule has 5 nitrogen and oxygen atoms in total. The number of nitrogens with zero attached hydrogens (tertiary/aromatic N) is 1. The van der Waals surface area contributed by atoms with Gasteiger partial charge in [0.25, 0.3) is 0 Å². The van der Waals surface area contributed by atoms with Crippen LogP contribution in [-0.4, -0.2) is 26.8 Å². The molecule has 0 spiro atoms. The van der Waals surface area contributed by atoms with E-state index in [0.717, 1.165) is 32.1 Å². The largest absolute Gasteiger partial charge is 0.390 e. The molecule has 5 heteroatoms. The Morgan fingerprint density at radius 2 is 1.57 bits per heavy atom. The molecule has 2 aliphatic rings. The maximum absolute atomic E-state index is 11.1. The van der Waals surface area contributed by atoms with Gasteiger partial charge in [0.15, 0.2) is 0 Å². The number of hydroxylamine groups is 2. The first-order chi connectivity index (χ1) is 13.6.